The molecule has 0 unspecified atom stereocenters. The van der Waals surface area contributed by atoms with Gasteiger partial charge >= 0.3 is 0 Å². The van der Waals surface area contributed by atoms with Crippen LogP contribution in [0.1, 0.15) is 35.3 Å². The first-order valence-corrected chi connectivity index (χ1v) is 10.0. The molecule has 1 fully saturated rings. The number of nitrogens with zero attached hydrogens (tertiary/aromatic N) is 3. The van der Waals surface area contributed by atoms with Crippen LogP contribution in [0.15, 0.2) is 54.6 Å². The molecule has 0 aliphatic carbocycles. The number of carbonyl (C=O) groups is 1. The number of ether oxygens (including phenoxy) is 1. The van der Waals surface area contributed by atoms with Crippen LogP contribution in [-0.2, 0) is 6.54 Å². The summed E-state index contributed by atoms with van der Waals surface area (Å²) in [6.07, 6.45) is 3.29. The summed E-state index contributed by atoms with van der Waals surface area (Å²) in [5.74, 6) is 0.774. The fraction of sp³-hybridized carbons (Fsp3) is 0.304. The van der Waals surface area contributed by atoms with Crippen LogP contribution < -0.4 is 10.5 Å². The smallest absolute Gasteiger partial charge is 0.274 e. The summed E-state index contributed by atoms with van der Waals surface area (Å²) in [5.41, 5.74) is 10.0. The van der Waals surface area contributed by atoms with E-state index in [1.54, 1.807) is 7.11 Å². The van der Waals surface area contributed by atoms with Gasteiger partial charge in [-0.25, -0.2) is 4.68 Å². The van der Waals surface area contributed by atoms with Crippen molar-refractivity contribution in [3.05, 3.63) is 65.9 Å². The van der Waals surface area contributed by atoms with E-state index in [-0.39, 0.29) is 18.3 Å². The number of aromatic nitrogens is 2. The summed E-state index contributed by atoms with van der Waals surface area (Å²) in [5, 5.41) is 4.69. The van der Waals surface area contributed by atoms with E-state index in [1.807, 2.05) is 64.2 Å². The molecule has 3 aromatic rings. The van der Waals surface area contributed by atoms with Gasteiger partial charge in [-0.15, -0.1) is 12.4 Å². The van der Waals surface area contributed by atoms with Gasteiger partial charge in [-0.2, -0.15) is 5.10 Å². The molecule has 0 spiro atoms. The number of nitrogens with two attached hydrogens (primary N) is 1. The van der Waals surface area contributed by atoms with E-state index in [9.17, 15) is 4.79 Å². The Balaban J connectivity index is 0.00000256. The standard InChI is InChI=1S/C23H26N4O2.ClH/c1-29-20-11-9-19(10-12-20)27-22(18-7-5-17(16-24)6-8-18)15-21(25-27)23(28)26-13-3-2-4-14-26;/h5-12,15H,2-4,13-14,16,24H2,1H3;1H. The first-order chi connectivity index (χ1) is 14.2. The normalized spacial score (nSPS) is 13.6. The molecule has 1 aromatic heterocycles. The van der Waals surface area contributed by atoms with E-state index in [2.05, 4.69) is 5.10 Å². The maximum absolute atomic E-state index is 13.0. The number of piperidine rings is 1. The predicted octanol–water partition coefficient (Wildman–Crippen LogP) is 4.05. The van der Waals surface area contributed by atoms with Crippen LogP contribution in [0.5, 0.6) is 5.75 Å². The van der Waals surface area contributed by atoms with Crippen molar-refractivity contribution in [3.63, 3.8) is 0 Å². The molecule has 1 amide bonds. The molecule has 1 saturated heterocycles. The van der Waals surface area contributed by atoms with Crippen molar-refractivity contribution in [2.24, 2.45) is 5.73 Å². The van der Waals surface area contributed by atoms with Crippen LogP contribution in [0.2, 0.25) is 0 Å². The van der Waals surface area contributed by atoms with Gasteiger partial charge in [0.15, 0.2) is 5.69 Å². The summed E-state index contributed by atoms with van der Waals surface area (Å²) in [6.45, 7) is 2.10. The van der Waals surface area contributed by atoms with E-state index >= 15 is 0 Å². The molecule has 1 aliphatic rings. The van der Waals surface area contributed by atoms with E-state index < -0.39 is 0 Å². The minimum atomic E-state index is -0.00297. The number of benzene rings is 2. The summed E-state index contributed by atoms with van der Waals surface area (Å²) >= 11 is 0. The molecule has 2 heterocycles. The third kappa shape index (κ3) is 4.50. The van der Waals surface area contributed by atoms with Crippen molar-refractivity contribution in [2.45, 2.75) is 25.8 Å². The summed E-state index contributed by atoms with van der Waals surface area (Å²) < 4.78 is 7.09. The lowest BCUT2D eigenvalue weighted by Crippen LogP contribution is -2.35. The molecule has 1 aliphatic heterocycles. The van der Waals surface area contributed by atoms with E-state index in [0.717, 1.165) is 54.2 Å². The lowest BCUT2D eigenvalue weighted by molar-refractivity contribution is 0.0718. The summed E-state index contributed by atoms with van der Waals surface area (Å²) in [4.78, 5) is 15.0. The van der Waals surface area contributed by atoms with Gasteiger partial charge in [0.05, 0.1) is 18.5 Å². The van der Waals surface area contributed by atoms with Gasteiger partial charge in [-0.1, -0.05) is 24.3 Å². The van der Waals surface area contributed by atoms with Crippen molar-refractivity contribution in [2.75, 3.05) is 20.2 Å². The fourth-order valence-corrected chi connectivity index (χ4v) is 3.68. The van der Waals surface area contributed by atoms with E-state index in [1.165, 1.54) is 6.42 Å². The molecular weight excluding hydrogens is 400 g/mol. The Bertz CT molecular complexity index is 912. The number of hydrogen-bond donors (Lipinski definition) is 1. The van der Waals surface area contributed by atoms with Crippen LogP contribution in [0, 0.1) is 0 Å². The van der Waals surface area contributed by atoms with Crippen LogP contribution in [0.3, 0.4) is 0 Å². The number of rotatable bonds is 5. The Kier molecular flexibility index (Phi) is 7.13. The molecule has 2 N–H and O–H groups in total. The number of amides is 1. The molecule has 158 valence electrons. The van der Waals surface area contributed by atoms with Gasteiger partial charge in [-0.3, -0.25) is 4.79 Å². The topological polar surface area (TPSA) is 73.4 Å². The second-order valence-electron chi connectivity index (χ2n) is 7.28. The van der Waals surface area contributed by atoms with Crippen molar-refractivity contribution in [1.82, 2.24) is 14.7 Å². The average molecular weight is 427 g/mol. The third-order valence-corrected chi connectivity index (χ3v) is 5.37. The molecule has 2 aromatic carbocycles. The maximum Gasteiger partial charge on any atom is 0.274 e. The lowest BCUT2D eigenvalue weighted by Gasteiger charge is -2.25. The number of hydrogen-bond acceptors (Lipinski definition) is 4. The van der Waals surface area contributed by atoms with Gasteiger partial charge in [-0.05, 0) is 55.2 Å². The van der Waals surface area contributed by atoms with Crippen LogP contribution in [0.25, 0.3) is 16.9 Å². The first kappa shape index (κ1) is 21.9. The minimum absolute atomic E-state index is 0. The largest absolute Gasteiger partial charge is 0.497 e. The Morgan fingerprint density at radius 3 is 2.30 bits per heavy atom. The van der Waals surface area contributed by atoms with Gasteiger partial charge in [0.1, 0.15) is 5.75 Å². The minimum Gasteiger partial charge on any atom is -0.497 e. The van der Waals surface area contributed by atoms with Crippen molar-refractivity contribution in [3.8, 4) is 22.7 Å². The monoisotopic (exact) mass is 426 g/mol. The Labute approximate surface area is 183 Å². The van der Waals surface area contributed by atoms with Crippen LogP contribution in [-0.4, -0.2) is 40.8 Å². The second kappa shape index (κ2) is 9.78. The zero-order chi connectivity index (χ0) is 20.2. The van der Waals surface area contributed by atoms with Crippen LogP contribution in [0.4, 0.5) is 0 Å². The quantitative estimate of drug-likeness (QED) is 0.667. The number of halogens is 1. The second-order valence-corrected chi connectivity index (χ2v) is 7.28. The van der Waals surface area contributed by atoms with Gasteiger partial charge in [0.2, 0.25) is 0 Å². The molecule has 0 saturated carbocycles. The number of methoxy groups -OCH3 is 1. The molecule has 6 nitrogen and oxygen atoms in total. The maximum atomic E-state index is 13.0. The predicted molar refractivity (Wildman–Crippen MR) is 120 cm³/mol. The molecule has 0 radical (unpaired) electrons. The van der Waals surface area contributed by atoms with Crippen molar-refractivity contribution < 1.29 is 9.53 Å². The van der Waals surface area contributed by atoms with E-state index in [0.29, 0.717) is 12.2 Å². The fourth-order valence-electron chi connectivity index (χ4n) is 3.68. The number of carbonyl (C=O) groups excluding carboxylic acids is 1. The summed E-state index contributed by atoms with van der Waals surface area (Å²) in [7, 11) is 1.64. The molecule has 0 atom stereocenters. The lowest BCUT2D eigenvalue weighted by atomic mass is 10.1. The highest BCUT2D eigenvalue weighted by atomic mass is 35.5. The molecule has 0 bridgehead atoms. The van der Waals surface area contributed by atoms with Crippen molar-refractivity contribution >= 4 is 18.3 Å². The summed E-state index contributed by atoms with van der Waals surface area (Å²) in [6, 6.07) is 17.6. The van der Waals surface area contributed by atoms with Gasteiger partial charge in [0.25, 0.3) is 5.91 Å². The molecule has 7 heteroatoms. The first-order valence-electron chi connectivity index (χ1n) is 10.0. The molecular formula is C23H27ClN4O2. The Morgan fingerprint density at radius 2 is 1.70 bits per heavy atom. The molecule has 30 heavy (non-hydrogen) atoms. The van der Waals surface area contributed by atoms with Gasteiger partial charge < -0.3 is 15.4 Å². The van der Waals surface area contributed by atoms with Crippen molar-refractivity contribution in [1.29, 1.82) is 0 Å². The highest BCUT2D eigenvalue weighted by Gasteiger charge is 2.23. The van der Waals surface area contributed by atoms with Gasteiger partial charge in [0, 0.05) is 25.2 Å². The highest BCUT2D eigenvalue weighted by molar-refractivity contribution is 5.93. The third-order valence-electron chi connectivity index (χ3n) is 5.37. The Morgan fingerprint density at radius 1 is 1.03 bits per heavy atom. The SMILES string of the molecule is COc1ccc(-n2nc(C(=O)N3CCCCC3)cc2-c2ccc(CN)cc2)cc1.Cl. The Hall–Kier alpha value is -2.83. The zero-order valence-corrected chi connectivity index (χ0v) is 17.9. The average Bonchev–Trinajstić information content (AvgIpc) is 3.24. The highest BCUT2D eigenvalue weighted by Crippen LogP contribution is 2.26. The zero-order valence-electron chi connectivity index (χ0n) is 17.1. The van der Waals surface area contributed by atoms with E-state index in [4.69, 9.17) is 10.5 Å². The van der Waals surface area contributed by atoms with Crippen LogP contribution >= 0.6 is 12.4 Å². The number of likely N-dealkylation sites (tertiary alicyclic amines) is 1. The molecule has 4 rings (SSSR count).